The van der Waals surface area contributed by atoms with Gasteiger partial charge in [0, 0.05) is 14.2 Å². The Balaban J connectivity index is -0.0000000360. The first kappa shape index (κ1) is 15.9. The lowest BCUT2D eigenvalue weighted by Crippen LogP contribution is -1.55. The number of methoxy groups -OCH3 is 1. The van der Waals surface area contributed by atoms with E-state index in [1.807, 2.05) is 13.8 Å². The standard InChI is InChI=1S/C2H6O.C2H6.C2H4/c1-3-2;2*1-2/h1-2H3;1-2H3;1-2H2. The minimum absolute atomic E-state index is 1.62. The number of hydrogen-bond donors (Lipinski definition) is 0. The molecule has 0 bridgehead atoms. The van der Waals surface area contributed by atoms with Gasteiger partial charge in [0.15, 0.2) is 0 Å². The zero-order valence-electron chi connectivity index (χ0n) is 5.82. The fraction of sp³-hybridized carbons (Fsp3) is 0.667. The number of ether oxygens (including phenoxy) is 1. The van der Waals surface area contributed by atoms with Crippen LogP contribution in [0.15, 0.2) is 13.2 Å². The van der Waals surface area contributed by atoms with E-state index in [0.29, 0.717) is 0 Å². The van der Waals surface area contributed by atoms with Gasteiger partial charge in [-0.15, -0.1) is 13.2 Å². The molecule has 0 rings (SSSR count). The Hall–Kier alpha value is -0.300. The van der Waals surface area contributed by atoms with Gasteiger partial charge >= 0.3 is 0 Å². The SMILES string of the molecule is C=C.CC.COC. The van der Waals surface area contributed by atoms with Crippen LogP contribution in [0.5, 0.6) is 0 Å². The van der Waals surface area contributed by atoms with Crippen molar-refractivity contribution in [2.75, 3.05) is 14.2 Å². The fourth-order valence-electron chi connectivity index (χ4n) is 0. The molecular weight excluding hydrogens is 88.1 g/mol. The maximum Gasteiger partial charge on any atom is 0.0351 e. The summed E-state index contributed by atoms with van der Waals surface area (Å²) in [5, 5.41) is 0. The highest BCUT2D eigenvalue weighted by Crippen LogP contribution is 1.28. The summed E-state index contributed by atoms with van der Waals surface area (Å²) in [4.78, 5) is 0. The van der Waals surface area contributed by atoms with Crippen molar-refractivity contribution in [3.05, 3.63) is 13.2 Å². The largest absolute Gasteiger partial charge is 0.388 e. The Kier molecular flexibility index (Phi) is 584. The second-order valence-corrected chi connectivity index (χ2v) is 0.408. The third-order valence-corrected chi connectivity index (χ3v) is 0. The molecule has 0 atom stereocenters. The van der Waals surface area contributed by atoms with E-state index in [4.69, 9.17) is 0 Å². The van der Waals surface area contributed by atoms with Crippen LogP contribution in [-0.4, -0.2) is 14.2 Å². The molecule has 0 N–H and O–H groups in total. The summed E-state index contributed by atoms with van der Waals surface area (Å²) in [7, 11) is 3.25. The summed E-state index contributed by atoms with van der Waals surface area (Å²) in [6.45, 7) is 10.0. The van der Waals surface area contributed by atoms with Crippen LogP contribution in [0.3, 0.4) is 0 Å². The van der Waals surface area contributed by atoms with Gasteiger partial charge in [-0.1, -0.05) is 13.8 Å². The zero-order chi connectivity index (χ0) is 6.71. The average Bonchev–Trinajstić information content (AvgIpc) is 1.78. The summed E-state index contributed by atoms with van der Waals surface area (Å²) >= 11 is 0. The van der Waals surface area contributed by atoms with Crippen LogP contribution in [0, 0.1) is 0 Å². The molecule has 0 aliphatic carbocycles. The van der Waals surface area contributed by atoms with Gasteiger partial charge in [-0.3, -0.25) is 0 Å². The second-order valence-electron chi connectivity index (χ2n) is 0.408. The van der Waals surface area contributed by atoms with Crippen LogP contribution < -0.4 is 0 Å². The van der Waals surface area contributed by atoms with E-state index in [1.165, 1.54) is 0 Å². The fourth-order valence-corrected chi connectivity index (χ4v) is 0. The van der Waals surface area contributed by atoms with Gasteiger partial charge in [-0.05, 0) is 0 Å². The van der Waals surface area contributed by atoms with E-state index >= 15 is 0 Å². The first-order chi connectivity index (χ1) is 3.41. The van der Waals surface area contributed by atoms with E-state index in [0.717, 1.165) is 0 Å². The van der Waals surface area contributed by atoms with Gasteiger partial charge in [0.2, 0.25) is 0 Å². The lowest BCUT2D eigenvalue weighted by molar-refractivity contribution is 0.277. The molecule has 0 aromatic heterocycles. The summed E-state index contributed by atoms with van der Waals surface area (Å²) in [6.07, 6.45) is 0. The normalized spacial score (nSPS) is 4.00. The Morgan fingerprint density at radius 1 is 1.00 bits per heavy atom. The van der Waals surface area contributed by atoms with Crippen molar-refractivity contribution in [3.8, 4) is 0 Å². The van der Waals surface area contributed by atoms with Gasteiger partial charge < -0.3 is 4.74 Å². The first-order valence-corrected chi connectivity index (χ1v) is 2.32. The molecule has 0 amide bonds. The molecule has 0 unspecified atom stereocenters. The van der Waals surface area contributed by atoms with Crippen LogP contribution >= 0.6 is 0 Å². The maximum absolute atomic E-state index is 4.25. The Morgan fingerprint density at radius 2 is 1.00 bits per heavy atom. The molecule has 0 heterocycles. The lowest BCUT2D eigenvalue weighted by Gasteiger charge is -1.61. The molecule has 0 radical (unpaired) electrons. The van der Waals surface area contributed by atoms with E-state index in [9.17, 15) is 0 Å². The van der Waals surface area contributed by atoms with Crippen molar-refractivity contribution in [2.45, 2.75) is 13.8 Å². The lowest BCUT2D eigenvalue weighted by atomic mass is 11.0. The van der Waals surface area contributed by atoms with Crippen molar-refractivity contribution < 1.29 is 4.74 Å². The Labute approximate surface area is 47.0 Å². The van der Waals surface area contributed by atoms with E-state index in [2.05, 4.69) is 17.9 Å². The summed E-state index contributed by atoms with van der Waals surface area (Å²) < 4.78 is 4.25. The topological polar surface area (TPSA) is 9.23 Å². The van der Waals surface area contributed by atoms with Gasteiger partial charge in [0.05, 0.1) is 0 Å². The quantitative estimate of drug-likeness (QED) is 0.427. The maximum atomic E-state index is 4.25. The van der Waals surface area contributed by atoms with Crippen molar-refractivity contribution in [1.82, 2.24) is 0 Å². The predicted octanol–water partition coefficient (Wildman–Crippen LogP) is 2.09. The van der Waals surface area contributed by atoms with Crippen LogP contribution in [0.2, 0.25) is 0 Å². The highest BCUT2D eigenvalue weighted by molar-refractivity contribution is 4.22. The minimum Gasteiger partial charge on any atom is -0.388 e. The third-order valence-electron chi connectivity index (χ3n) is 0. The van der Waals surface area contributed by atoms with Crippen LogP contribution in [0.1, 0.15) is 13.8 Å². The molecule has 0 spiro atoms. The smallest absolute Gasteiger partial charge is 0.0351 e. The molecule has 7 heavy (non-hydrogen) atoms. The molecule has 0 saturated carbocycles. The second kappa shape index (κ2) is 257. The van der Waals surface area contributed by atoms with Gasteiger partial charge in [-0.25, -0.2) is 0 Å². The summed E-state index contributed by atoms with van der Waals surface area (Å²) in [5.41, 5.74) is 0. The number of hydrogen-bond acceptors (Lipinski definition) is 1. The monoisotopic (exact) mass is 104 g/mol. The van der Waals surface area contributed by atoms with Crippen molar-refractivity contribution in [2.24, 2.45) is 0 Å². The minimum atomic E-state index is 1.62. The van der Waals surface area contributed by atoms with E-state index < -0.39 is 0 Å². The van der Waals surface area contributed by atoms with E-state index in [1.54, 1.807) is 14.2 Å². The van der Waals surface area contributed by atoms with Crippen LogP contribution in [-0.2, 0) is 4.74 Å². The molecule has 1 heteroatoms. The molecule has 0 fully saturated rings. The molecule has 46 valence electrons. The highest BCUT2D eigenvalue weighted by atomic mass is 16.4. The number of rotatable bonds is 0. The Morgan fingerprint density at radius 3 is 1.00 bits per heavy atom. The van der Waals surface area contributed by atoms with Crippen LogP contribution in [0.4, 0.5) is 0 Å². The average molecular weight is 104 g/mol. The Bertz CT molecular complexity index is 8.14. The molecule has 0 aliphatic heterocycles. The molecule has 0 aliphatic rings. The summed E-state index contributed by atoms with van der Waals surface area (Å²) in [6, 6.07) is 0. The first-order valence-electron chi connectivity index (χ1n) is 2.32. The van der Waals surface area contributed by atoms with Crippen molar-refractivity contribution in [3.63, 3.8) is 0 Å². The molecule has 0 saturated heterocycles. The van der Waals surface area contributed by atoms with E-state index in [-0.39, 0.29) is 0 Å². The molecule has 1 nitrogen and oxygen atoms in total. The van der Waals surface area contributed by atoms with Crippen LogP contribution in [0.25, 0.3) is 0 Å². The van der Waals surface area contributed by atoms with Crippen molar-refractivity contribution >= 4 is 0 Å². The summed E-state index contributed by atoms with van der Waals surface area (Å²) in [5.74, 6) is 0. The van der Waals surface area contributed by atoms with Gasteiger partial charge in [-0.2, -0.15) is 0 Å². The van der Waals surface area contributed by atoms with Crippen molar-refractivity contribution in [1.29, 1.82) is 0 Å². The molecule has 0 aromatic carbocycles. The molecular formula is C6H16O. The van der Waals surface area contributed by atoms with Gasteiger partial charge in [0.25, 0.3) is 0 Å². The molecule has 0 aromatic rings. The predicted molar refractivity (Wildman–Crippen MR) is 35.5 cm³/mol. The highest BCUT2D eigenvalue weighted by Gasteiger charge is 1.25. The third kappa shape index (κ3) is 867. The van der Waals surface area contributed by atoms with Gasteiger partial charge in [0.1, 0.15) is 0 Å². The zero-order valence-corrected chi connectivity index (χ0v) is 5.82.